The van der Waals surface area contributed by atoms with Crippen molar-refractivity contribution >= 4 is 5.97 Å². The fraction of sp³-hybridized carbons (Fsp3) is 0.133. The molecule has 0 N–H and O–H groups in total. The van der Waals surface area contributed by atoms with Crippen molar-refractivity contribution in [1.29, 1.82) is 0 Å². The number of carbonyl (C=O) groups excluding carboxylic acids is 1. The van der Waals surface area contributed by atoms with Gasteiger partial charge in [-0.1, -0.05) is 31.2 Å². The fourth-order valence-electron chi connectivity index (χ4n) is 1.43. The fourth-order valence-corrected chi connectivity index (χ4v) is 1.43. The molecule has 0 spiro atoms. The molecule has 0 aliphatic rings. The number of hydrogen-bond acceptors (Lipinski definition) is 3. The van der Waals surface area contributed by atoms with Gasteiger partial charge in [0.05, 0.1) is 0 Å². The van der Waals surface area contributed by atoms with Crippen LogP contribution in [0.1, 0.15) is 13.3 Å². The molecule has 92 valence electrons. The van der Waals surface area contributed by atoms with Crippen LogP contribution < -0.4 is 9.47 Å². The molecule has 0 aromatic heterocycles. The van der Waals surface area contributed by atoms with Crippen LogP contribution in [0.4, 0.5) is 0 Å². The second-order valence-electron chi connectivity index (χ2n) is 3.72. The summed E-state index contributed by atoms with van der Waals surface area (Å²) in [4.78, 5) is 11.2. The normalized spacial score (nSPS) is 9.83. The van der Waals surface area contributed by atoms with E-state index in [9.17, 15) is 4.79 Å². The summed E-state index contributed by atoms with van der Waals surface area (Å²) >= 11 is 0. The number of para-hydroxylation sites is 1. The summed E-state index contributed by atoms with van der Waals surface area (Å²) < 4.78 is 10.8. The van der Waals surface area contributed by atoms with Gasteiger partial charge in [-0.15, -0.1) is 0 Å². The maximum Gasteiger partial charge on any atom is 0.310 e. The van der Waals surface area contributed by atoms with Crippen molar-refractivity contribution in [3.8, 4) is 17.2 Å². The van der Waals surface area contributed by atoms with Crippen LogP contribution in [0.25, 0.3) is 0 Å². The van der Waals surface area contributed by atoms with Gasteiger partial charge in [0.15, 0.2) is 0 Å². The molecule has 0 unspecified atom stereocenters. The van der Waals surface area contributed by atoms with Crippen LogP contribution in [0, 0.1) is 0 Å². The summed E-state index contributed by atoms with van der Waals surface area (Å²) in [6.45, 7) is 1.76. The van der Waals surface area contributed by atoms with Gasteiger partial charge in [0.25, 0.3) is 0 Å². The molecule has 0 amide bonds. The van der Waals surface area contributed by atoms with Crippen LogP contribution >= 0.6 is 0 Å². The monoisotopic (exact) mass is 242 g/mol. The Labute approximate surface area is 106 Å². The van der Waals surface area contributed by atoms with Gasteiger partial charge in [-0.3, -0.25) is 4.79 Å². The molecule has 3 heteroatoms. The van der Waals surface area contributed by atoms with Crippen molar-refractivity contribution < 1.29 is 14.3 Å². The van der Waals surface area contributed by atoms with Crippen LogP contribution in [0.5, 0.6) is 17.2 Å². The third-order valence-electron chi connectivity index (χ3n) is 2.30. The van der Waals surface area contributed by atoms with Gasteiger partial charge >= 0.3 is 5.97 Å². The first-order valence-corrected chi connectivity index (χ1v) is 5.81. The molecular formula is C15H14O3. The van der Waals surface area contributed by atoms with E-state index >= 15 is 0 Å². The van der Waals surface area contributed by atoms with Gasteiger partial charge in [0.2, 0.25) is 0 Å². The van der Waals surface area contributed by atoms with Crippen LogP contribution in [-0.4, -0.2) is 5.97 Å². The minimum Gasteiger partial charge on any atom is -0.457 e. The molecule has 0 aliphatic carbocycles. The van der Waals surface area contributed by atoms with Crippen LogP contribution in [0.3, 0.4) is 0 Å². The third kappa shape index (κ3) is 3.35. The number of hydrogen-bond donors (Lipinski definition) is 0. The maximum atomic E-state index is 11.2. The number of benzene rings is 2. The van der Waals surface area contributed by atoms with Crippen molar-refractivity contribution in [2.45, 2.75) is 13.3 Å². The van der Waals surface area contributed by atoms with E-state index in [1.807, 2.05) is 36.4 Å². The van der Waals surface area contributed by atoms with E-state index < -0.39 is 0 Å². The molecule has 3 nitrogen and oxygen atoms in total. The predicted molar refractivity (Wildman–Crippen MR) is 68.9 cm³/mol. The van der Waals surface area contributed by atoms with E-state index in [2.05, 4.69) is 0 Å². The molecule has 18 heavy (non-hydrogen) atoms. The molecule has 0 fully saturated rings. The zero-order valence-corrected chi connectivity index (χ0v) is 10.1. The van der Waals surface area contributed by atoms with Gasteiger partial charge in [0, 0.05) is 12.5 Å². The van der Waals surface area contributed by atoms with Gasteiger partial charge in [-0.25, -0.2) is 0 Å². The van der Waals surface area contributed by atoms with Crippen molar-refractivity contribution in [1.82, 2.24) is 0 Å². The van der Waals surface area contributed by atoms with E-state index in [0.29, 0.717) is 17.9 Å². The van der Waals surface area contributed by atoms with E-state index in [-0.39, 0.29) is 5.97 Å². The Morgan fingerprint density at radius 1 is 0.944 bits per heavy atom. The highest BCUT2D eigenvalue weighted by atomic mass is 16.5. The maximum absolute atomic E-state index is 11.2. The van der Waals surface area contributed by atoms with Crippen LogP contribution in [0.15, 0.2) is 54.6 Å². The Bertz CT molecular complexity index is 520. The molecule has 2 aromatic rings. The topological polar surface area (TPSA) is 35.5 Å². The summed E-state index contributed by atoms with van der Waals surface area (Å²) in [7, 11) is 0. The summed E-state index contributed by atoms with van der Waals surface area (Å²) in [6, 6.07) is 16.5. The lowest BCUT2D eigenvalue weighted by molar-refractivity contribution is -0.134. The minimum absolute atomic E-state index is 0.258. The highest BCUT2D eigenvalue weighted by molar-refractivity contribution is 5.72. The average molecular weight is 242 g/mol. The number of carbonyl (C=O) groups is 1. The zero-order valence-electron chi connectivity index (χ0n) is 10.1. The quantitative estimate of drug-likeness (QED) is 0.604. The summed E-state index contributed by atoms with van der Waals surface area (Å²) in [5.74, 6) is 1.63. The average Bonchev–Trinajstić information content (AvgIpc) is 2.40. The SMILES string of the molecule is CCC(=O)Oc1cccc(Oc2ccccc2)c1. The minimum atomic E-state index is -0.258. The highest BCUT2D eigenvalue weighted by Gasteiger charge is 2.03. The van der Waals surface area contributed by atoms with E-state index in [4.69, 9.17) is 9.47 Å². The lowest BCUT2D eigenvalue weighted by Gasteiger charge is -2.07. The number of rotatable bonds is 4. The largest absolute Gasteiger partial charge is 0.457 e. The Morgan fingerprint density at radius 3 is 2.33 bits per heavy atom. The summed E-state index contributed by atoms with van der Waals surface area (Å²) in [5.41, 5.74) is 0. The zero-order chi connectivity index (χ0) is 12.8. The molecule has 0 bridgehead atoms. The third-order valence-corrected chi connectivity index (χ3v) is 2.30. The molecule has 2 aromatic carbocycles. The highest BCUT2D eigenvalue weighted by Crippen LogP contribution is 2.25. The molecule has 0 aliphatic heterocycles. The van der Waals surface area contributed by atoms with Crippen molar-refractivity contribution in [2.75, 3.05) is 0 Å². The Morgan fingerprint density at radius 2 is 1.61 bits per heavy atom. The Kier molecular flexibility index (Phi) is 3.97. The molecule has 0 heterocycles. The standard InChI is InChI=1S/C15H14O3/c1-2-15(16)18-14-10-6-9-13(11-14)17-12-7-4-3-5-8-12/h3-11H,2H2,1H3. The van der Waals surface area contributed by atoms with Crippen molar-refractivity contribution in [3.05, 3.63) is 54.6 Å². The molecule has 0 saturated heterocycles. The second-order valence-corrected chi connectivity index (χ2v) is 3.72. The van der Waals surface area contributed by atoms with Crippen molar-refractivity contribution in [3.63, 3.8) is 0 Å². The number of ether oxygens (including phenoxy) is 2. The van der Waals surface area contributed by atoms with E-state index in [0.717, 1.165) is 5.75 Å². The number of esters is 1. The van der Waals surface area contributed by atoms with Gasteiger partial charge < -0.3 is 9.47 Å². The first-order valence-electron chi connectivity index (χ1n) is 5.81. The first-order chi connectivity index (χ1) is 8.78. The smallest absolute Gasteiger partial charge is 0.310 e. The molecule has 2 rings (SSSR count). The Hall–Kier alpha value is -2.29. The second kappa shape index (κ2) is 5.87. The molecular weight excluding hydrogens is 228 g/mol. The van der Waals surface area contributed by atoms with Crippen LogP contribution in [-0.2, 0) is 4.79 Å². The van der Waals surface area contributed by atoms with Gasteiger partial charge in [0.1, 0.15) is 17.2 Å². The summed E-state index contributed by atoms with van der Waals surface area (Å²) in [6.07, 6.45) is 0.351. The summed E-state index contributed by atoms with van der Waals surface area (Å²) in [5, 5.41) is 0. The Balaban J connectivity index is 2.10. The van der Waals surface area contributed by atoms with Gasteiger partial charge in [-0.2, -0.15) is 0 Å². The lowest BCUT2D eigenvalue weighted by Crippen LogP contribution is -2.05. The molecule has 0 saturated carbocycles. The van der Waals surface area contributed by atoms with E-state index in [1.54, 1.807) is 25.1 Å². The van der Waals surface area contributed by atoms with Crippen molar-refractivity contribution in [2.24, 2.45) is 0 Å². The molecule has 0 radical (unpaired) electrons. The molecule has 0 atom stereocenters. The first kappa shape index (κ1) is 12.2. The predicted octanol–water partition coefficient (Wildman–Crippen LogP) is 3.79. The van der Waals surface area contributed by atoms with E-state index in [1.165, 1.54) is 0 Å². The lowest BCUT2D eigenvalue weighted by atomic mass is 10.3. The van der Waals surface area contributed by atoms with Gasteiger partial charge in [-0.05, 0) is 24.3 Å². The van der Waals surface area contributed by atoms with Crippen LogP contribution in [0.2, 0.25) is 0 Å².